The average molecular weight is 357 g/mol. The number of methoxy groups -OCH3 is 1. The zero-order valence-electron chi connectivity index (χ0n) is 10.9. The van der Waals surface area contributed by atoms with Gasteiger partial charge in [0.1, 0.15) is 5.75 Å². The van der Waals surface area contributed by atoms with Gasteiger partial charge in [0.25, 0.3) is 5.91 Å². The van der Waals surface area contributed by atoms with Gasteiger partial charge in [-0.2, -0.15) is 0 Å². The molecule has 0 unspecified atom stereocenters. The van der Waals surface area contributed by atoms with Crippen molar-refractivity contribution in [1.82, 2.24) is 0 Å². The van der Waals surface area contributed by atoms with Gasteiger partial charge >= 0.3 is 0 Å². The van der Waals surface area contributed by atoms with Crippen LogP contribution in [0.2, 0.25) is 0 Å². The molecule has 4 nitrogen and oxygen atoms in total. The summed E-state index contributed by atoms with van der Waals surface area (Å²) in [5.41, 5.74) is 5.60. The van der Waals surface area contributed by atoms with Crippen molar-refractivity contribution in [2.45, 2.75) is 0 Å². The van der Waals surface area contributed by atoms with E-state index in [1.807, 2.05) is 0 Å². The van der Waals surface area contributed by atoms with Crippen LogP contribution in [-0.2, 0) is 0 Å². The summed E-state index contributed by atoms with van der Waals surface area (Å²) in [6.07, 6.45) is 0. The van der Waals surface area contributed by atoms with Crippen LogP contribution in [0.3, 0.4) is 0 Å². The molecule has 0 aromatic heterocycles. The second kappa shape index (κ2) is 6.09. The number of benzene rings is 2. The highest BCUT2D eigenvalue weighted by atomic mass is 79.9. The van der Waals surface area contributed by atoms with Crippen LogP contribution in [0.25, 0.3) is 0 Å². The molecule has 0 radical (unpaired) electrons. The van der Waals surface area contributed by atoms with Crippen molar-refractivity contribution in [3.8, 4) is 5.75 Å². The Kier molecular flexibility index (Phi) is 4.42. The molecule has 0 fully saturated rings. The van der Waals surface area contributed by atoms with E-state index in [4.69, 9.17) is 10.5 Å². The Hall–Kier alpha value is -2.15. The molecule has 1 amide bonds. The number of nitrogens with one attached hydrogen (secondary N) is 1. The normalized spacial score (nSPS) is 10.3. The largest absolute Gasteiger partial charge is 0.495 e. The monoisotopic (exact) mass is 356 g/mol. The molecule has 2 aromatic rings. The summed E-state index contributed by atoms with van der Waals surface area (Å²) in [5.74, 6) is -2.49. The maximum Gasteiger partial charge on any atom is 0.257 e. The minimum Gasteiger partial charge on any atom is -0.495 e. The average Bonchev–Trinajstić information content (AvgIpc) is 2.43. The molecule has 0 saturated carbocycles. The van der Waals surface area contributed by atoms with E-state index >= 15 is 0 Å². The molecule has 21 heavy (non-hydrogen) atoms. The fourth-order valence-electron chi connectivity index (χ4n) is 1.73. The molecule has 2 aromatic carbocycles. The quantitative estimate of drug-likeness (QED) is 0.826. The highest BCUT2D eigenvalue weighted by Crippen LogP contribution is 2.29. The molecule has 2 rings (SSSR count). The van der Waals surface area contributed by atoms with Crippen LogP contribution < -0.4 is 15.8 Å². The first-order valence-corrected chi connectivity index (χ1v) is 6.61. The van der Waals surface area contributed by atoms with Crippen LogP contribution in [0.5, 0.6) is 5.75 Å². The van der Waals surface area contributed by atoms with Gasteiger partial charge < -0.3 is 15.8 Å². The molecule has 0 saturated heterocycles. The lowest BCUT2D eigenvalue weighted by Crippen LogP contribution is -2.15. The maximum absolute atomic E-state index is 13.2. The van der Waals surface area contributed by atoms with Crippen molar-refractivity contribution in [1.29, 1.82) is 0 Å². The van der Waals surface area contributed by atoms with Crippen molar-refractivity contribution in [2.75, 3.05) is 18.2 Å². The van der Waals surface area contributed by atoms with Crippen molar-refractivity contribution in [3.05, 3.63) is 52.0 Å². The zero-order valence-corrected chi connectivity index (χ0v) is 12.5. The van der Waals surface area contributed by atoms with E-state index in [1.165, 1.54) is 7.11 Å². The molecule has 0 heterocycles. The van der Waals surface area contributed by atoms with Gasteiger partial charge in [0.2, 0.25) is 0 Å². The Morgan fingerprint density at radius 2 is 1.90 bits per heavy atom. The number of nitrogen functional groups attached to an aromatic ring is 1. The van der Waals surface area contributed by atoms with Gasteiger partial charge in [-0.3, -0.25) is 4.79 Å². The zero-order chi connectivity index (χ0) is 15.6. The lowest BCUT2D eigenvalue weighted by atomic mass is 10.1. The molecule has 0 aliphatic heterocycles. The second-order valence-electron chi connectivity index (χ2n) is 4.15. The molecule has 7 heteroatoms. The SMILES string of the molecule is COc1ccc(Br)cc1NC(=O)c1cc(F)c(F)cc1N. The Morgan fingerprint density at radius 1 is 1.24 bits per heavy atom. The lowest BCUT2D eigenvalue weighted by Gasteiger charge is -2.12. The lowest BCUT2D eigenvalue weighted by molar-refractivity contribution is 0.102. The Bertz CT molecular complexity index is 708. The summed E-state index contributed by atoms with van der Waals surface area (Å²) >= 11 is 3.27. The minimum absolute atomic E-state index is 0.152. The van der Waals surface area contributed by atoms with E-state index in [1.54, 1.807) is 18.2 Å². The number of amides is 1. The molecule has 0 spiro atoms. The van der Waals surface area contributed by atoms with Gasteiger partial charge in [0.15, 0.2) is 11.6 Å². The van der Waals surface area contributed by atoms with Crippen LogP contribution in [0, 0.1) is 11.6 Å². The minimum atomic E-state index is -1.14. The number of halogens is 3. The Morgan fingerprint density at radius 3 is 2.57 bits per heavy atom. The van der Waals surface area contributed by atoms with Gasteiger partial charge in [0, 0.05) is 16.2 Å². The summed E-state index contributed by atoms with van der Waals surface area (Å²) in [7, 11) is 1.45. The molecular weight excluding hydrogens is 346 g/mol. The van der Waals surface area contributed by atoms with Crippen molar-refractivity contribution < 1.29 is 18.3 Å². The van der Waals surface area contributed by atoms with Gasteiger partial charge in [-0.15, -0.1) is 0 Å². The Balaban J connectivity index is 2.34. The third kappa shape index (κ3) is 3.30. The molecular formula is C14H11BrF2N2O2. The van der Waals surface area contributed by atoms with E-state index < -0.39 is 17.5 Å². The van der Waals surface area contributed by atoms with E-state index in [2.05, 4.69) is 21.2 Å². The molecule has 0 aliphatic carbocycles. The smallest absolute Gasteiger partial charge is 0.257 e. The number of hydrogen-bond acceptors (Lipinski definition) is 3. The van der Waals surface area contributed by atoms with E-state index in [9.17, 15) is 13.6 Å². The summed E-state index contributed by atoms with van der Waals surface area (Å²) in [6.45, 7) is 0. The number of anilines is 2. The van der Waals surface area contributed by atoms with Crippen LogP contribution >= 0.6 is 15.9 Å². The van der Waals surface area contributed by atoms with Crippen LogP contribution in [-0.4, -0.2) is 13.0 Å². The molecule has 0 atom stereocenters. The predicted octanol–water partition coefficient (Wildman–Crippen LogP) is 3.57. The molecule has 3 N–H and O–H groups in total. The fourth-order valence-corrected chi connectivity index (χ4v) is 2.09. The third-order valence-corrected chi connectivity index (χ3v) is 3.24. The van der Waals surface area contributed by atoms with E-state index in [0.29, 0.717) is 11.4 Å². The number of hydrogen-bond donors (Lipinski definition) is 2. The van der Waals surface area contributed by atoms with Crippen molar-refractivity contribution in [2.24, 2.45) is 0 Å². The Labute approximate surface area is 128 Å². The standard InChI is InChI=1S/C14H11BrF2N2O2/c1-21-13-3-2-7(15)4-12(13)19-14(20)8-5-9(16)10(17)6-11(8)18/h2-6H,18H2,1H3,(H,19,20). The van der Waals surface area contributed by atoms with Crippen LogP contribution in [0.15, 0.2) is 34.8 Å². The van der Waals surface area contributed by atoms with Crippen LogP contribution in [0.4, 0.5) is 20.2 Å². The van der Waals surface area contributed by atoms with Gasteiger partial charge in [-0.25, -0.2) is 8.78 Å². The second-order valence-corrected chi connectivity index (χ2v) is 5.07. The third-order valence-electron chi connectivity index (χ3n) is 2.75. The van der Waals surface area contributed by atoms with Gasteiger partial charge in [-0.05, 0) is 24.3 Å². The summed E-state index contributed by atoms with van der Waals surface area (Å²) < 4.78 is 32.1. The van der Waals surface area contributed by atoms with Gasteiger partial charge in [-0.1, -0.05) is 15.9 Å². The molecule has 0 aliphatic rings. The first-order valence-electron chi connectivity index (χ1n) is 5.81. The van der Waals surface area contributed by atoms with Gasteiger partial charge in [0.05, 0.1) is 18.4 Å². The summed E-state index contributed by atoms with van der Waals surface area (Å²) in [4.78, 5) is 12.1. The van der Waals surface area contributed by atoms with Crippen molar-refractivity contribution in [3.63, 3.8) is 0 Å². The molecule has 110 valence electrons. The number of ether oxygens (including phenoxy) is 1. The maximum atomic E-state index is 13.2. The predicted molar refractivity (Wildman–Crippen MR) is 79.4 cm³/mol. The number of rotatable bonds is 3. The highest BCUT2D eigenvalue weighted by Gasteiger charge is 2.16. The first-order chi connectivity index (χ1) is 9.92. The summed E-state index contributed by atoms with van der Waals surface area (Å²) in [6, 6.07) is 6.52. The van der Waals surface area contributed by atoms with Crippen molar-refractivity contribution >= 4 is 33.2 Å². The number of nitrogens with two attached hydrogens (primary N) is 1. The fraction of sp³-hybridized carbons (Fsp3) is 0.0714. The number of carbonyl (C=O) groups is 1. The van der Waals surface area contributed by atoms with E-state index in [0.717, 1.165) is 16.6 Å². The number of carbonyl (C=O) groups excluding carboxylic acids is 1. The summed E-state index contributed by atoms with van der Waals surface area (Å²) in [5, 5.41) is 2.54. The topological polar surface area (TPSA) is 64.3 Å². The highest BCUT2D eigenvalue weighted by molar-refractivity contribution is 9.10. The van der Waals surface area contributed by atoms with Crippen LogP contribution in [0.1, 0.15) is 10.4 Å². The molecule has 0 bridgehead atoms. The van der Waals surface area contributed by atoms with E-state index in [-0.39, 0.29) is 11.3 Å². The first kappa shape index (κ1) is 15.2.